The van der Waals surface area contributed by atoms with Gasteiger partial charge in [-0.25, -0.2) is 4.79 Å². The van der Waals surface area contributed by atoms with Gasteiger partial charge in [-0.2, -0.15) is 0 Å². The number of carbonyl (C=O) groups is 1. The maximum atomic E-state index is 12.5. The molecular weight excluding hydrogens is 288 g/mol. The number of hydrogen-bond acceptors (Lipinski definition) is 2. The fourth-order valence-corrected chi connectivity index (χ4v) is 3.35. The molecule has 4 nitrogen and oxygen atoms in total. The Kier molecular flexibility index (Phi) is 10.3. The highest BCUT2D eigenvalue weighted by Gasteiger charge is 2.27. The van der Waals surface area contributed by atoms with Crippen LogP contribution < -0.4 is 5.32 Å². The normalized spacial score (nSPS) is 21.4. The number of hydrogen-bond donors (Lipinski definition) is 2. The van der Waals surface area contributed by atoms with Gasteiger partial charge in [-0.3, -0.25) is 0 Å². The number of nitrogens with one attached hydrogen (secondary N) is 1. The Labute approximate surface area is 143 Å². The van der Waals surface area contributed by atoms with Gasteiger partial charge in [0.05, 0.1) is 12.1 Å². The SMILES string of the molecule is CCCCCCCCCN(C(=O)NC1CCCCC1O)C(C)C. The molecule has 4 heteroatoms. The summed E-state index contributed by atoms with van der Waals surface area (Å²) in [7, 11) is 0. The number of urea groups is 1. The minimum absolute atomic E-state index is 0.00284. The molecule has 0 aromatic carbocycles. The average Bonchev–Trinajstić information content (AvgIpc) is 2.51. The zero-order chi connectivity index (χ0) is 17.1. The van der Waals surface area contributed by atoms with Crippen molar-refractivity contribution in [3.8, 4) is 0 Å². The first kappa shape index (κ1) is 20.3. The van der Waals surface area contributed by atoms with Crippen LogP contribution in [0.4, 0.5) is 4.79 Å². The predicted octanol–water partition coefficient (Wildman–Crippen LogP) is 4.46. The molecule has 0 bridgehead atoms. The van der Waals surface area contributed by atoms with E-state index in [0.717, 1.165) is 38.6 Å². The lowest BCUT2D eigenvalue weighted by Gasteiger charge is -2.33. The Morgan fingerprint density at radius 3 is 2.30 bits per heavy atom. The van der Waals surface area contributed by atoms with Gasteiger partial charge in [0.25, 0.3) is 0 Å². The monoisotopic (exact) mass is 326 g/mol. The molecule has 2 N–H and O–H groups in total. The Balaban J connectivity index is 2.28. The van der Waals surface area contributed by atoms with Crippen molar-refractivity contribution >= 4 is 6.03 Å². The number of rotatable bonds is 10. The molecule has 0 aromatic rings. The second-order valence-electron chi connectivity index (χ2n) is 7.32. The van der Waals surface area contributed by atoms with E-state index >= 15 is 0 Å². The summed E-state index contributed by atoms with van der Waals surface area (Å²) in [5.41, 5.74) is 0. The topological polar surface area (TPSA) is 52.6 Å². The molecule has 1 saturated carbocycles. The molecule has 0 saturated heterocycles. The van der Waals surface area contributed by atoms with Gasteiger partial charge in [0.1, 0.15) is 0 Å². The fourth-order valence-electron chi connectivity index (χ4n) is 3.35. The number of aliphatic hydroxyl groups excluding tert-OH is 1. The van der Waals surface area contributed by atoms with E-state index in [0.29, 0.717) is 0 Å². The van der Waals surface area contributed by atoms with Crippen LogP contribution in [0.15, 0.2) is 0 Å². The van der Waals surface area contributed by atoms with Gasteiger partial charge >= 0.3 is 6.03 Å². The van der Waals surface area contributed by atoms with Gasteiger partial charge in [0, 0.05) is 12.6 Å². The number of amides is 2. The van der Waals surface area contributed by atoms with E-state index in [4.69, 9.17) is 0 Å². The van der Waals surface area contributed by atoms with Crippen molar-refractivity contribution in [3.05, 3.63) is 0 Å². The lowest BCUT2D eigenvalue weighted by molar-refractivity contribution is 0.0880. The highest BCUT2D eigenvalue weighted by Crippen LogP contribution is 2.19. The van der Waals surface area contributed by atoms with Crippen LogP contribution in [-0.2, 0) is 0 Å². The third-order valence-electron chi connectivity index (χ3n) is 4.93. The molecule has 0 aromatic heterocycles. The highest BCUT2D eigenvalue weighted by atomic mass is 16.3. The van der Waals surface area contributed by atoms with Gasteiger partial charge in [0.15, 0.2) is 0 Å². The quantitative estimate of drug-likeness (QED) is 0.582. The minimum Gasteiger partial charge on any atom is -0.391 e. The van der Waals surface area contributed by atoms with E-state index in [1.165, 1.54) is 38.5 Å². The Morgan fingerprint density at radius 1 is 1.09 bits per heavy atom. The molecule has 2 unspecified atom stereocenters. The van der Waals surface area contributed by atoms with Gasteiger partial charge in [0.2, 0.25) is 0 Å². The van der Waals surface area contributed by atoms with Crippen LogP contribution in [0.25, 0.3) is 0 Å². The molecule has 2 atom stereocenters. The summed E-state index contributed by atoms with van der Waals surface area (Å²) in [6.45, 7) is 7.19. The minimum atomic E-state index is -0.375. The third kappa shape index (κ3) is 8.05. The van der Waals surface area contributed by atoms with E-state index in [1.54, 1.807) is 0 Å². The van der Waals surface area contributed by atoms with Crippen LogP contribution in [0.2, 0.25) is 0 Å². The summed E-state index contributed by atoms with van der Waals surface area (Å²) >= 11 is 0. The first-order valence-electron chi connectivity index (χ1n) is 9.81. The van der Waals surface area contributed by atoms with Crippen molar-refractivity contribution in [1.29, 1.82) is 0 Å². The molecule has 1 rings (SSSR count). The van der Waals surface area contributed by atoms with E-state index in [1.807, 2.05) is 4.90 Å². The summed E-state index contributed by atoms with van der Waals surface area (Å²) in [5.74, 6) is 0. The molecule has 1 aliphatic rings. The van der Waals surface area contributed by atoms with Crippen molar-refractivity contribution < 1.29 is 9.90 Å². The predicted molar refractivity (Wildman–Crippen MR) is 96.6 cm³/mol. The molecule has 0 spiro atoms. The zero-order valence-corrected chi connectivity index (χ0v) is 15.5. The number of carbonyl (C=O) groups excluding carboxylic acids is 1. The molecule has 2 amide bonds. The Bertz CT molecular complexity index is 320. The number of aliphatic hydroxyl groups is 1. The second-order valence-corrected chi connectivity index (χ2v) is 7.32. The number of unbranched alkanes of at least 4 members (excludes halogenated alkanes) is 6. The van der Waals surface area contributed by atoms with Gasteiger partial charge in [-0.15, -0.1) is 0 Å². The summed E-state index contributed by atoms with van der Waals surface area (Å²) in [6.07, 6.45) is 12.3. The average molecular weight is 327 g/mol. The summed E-state index contributed by atoms with van der Waals surface area (Å²) < 4.78 is 0. The number of nitrogens with zero attached hydrogens (tertiary/aromatic N) is 1. The molecular formula is C19H38N2O2. The van der Waals surface area contributed by atoms with Crippen LogP contribution in [0.1, 0.15) is 91.4 Å². The van der Waals surface area contributed by atoms with Crippen LogP contribution in [0, 0.1) is 0 Å². The third-order valence-corrected chi connectivity index (χ3v) is 4.93. The van der Waals surface area contributed by atoms with Crippen molar-refractivity contribution in [2.24, 2.45) is 0 Å². The molecule has 1 aliphatic carbocycles. The summed E-state index contributed by atoms with van der Waals surface area (Å²) in [5, 5.41) is 13.1. The van der Waals surface area contributed by atoms with Crippen LogP contribution in [0.3, 0.4) is 0 Å². The van der Waals surface area contributed by atoms with E-state index in [9.17, 15) is 9.90 Å². The molecule has 136 valence electrons. The zero-order valence-electron chi connectivity index (χ0n) is 15.5. The van der Waals surface area contributed by atoms with Gasteiger partial charge < -0.3 is 15.3 Å². The maximum absolute atomic E-state index is 12.5. The van der Waals surface area contributed by atoms with Crippen molar-refractivity contribution in [3.63, 3.8) is 0 Å². The smallest absolute Gasteiger partial charge is 0.317 e. The molecule has 23 heavy (non-hydrogen) atoms. The van der Waals surface area contributed by atoms with E-state index in [2.05, 4.69) is 26.1 Å². The molecule has 0 aliphatic heterocycles. The Morgan fingerprint density at radius 2 is 1.70 bits per heavy atom. The highest BCUT2D eigenvalue weighted by molar-refractivity contribution is 5.74. The Hall–Kier alpha value is -0.770. The molecule has 1 fully saturated rings. The first-order chi connectivity index (χ1) is 11.1. The largest absolute Gasteiger partial charge is 0.391 e. The second kappa shape index (κ2) is 11.7. The van der Waals surface area contributed by atoms with E-state index in [-0.39, 0.29) is 24.2 Å². The van der Waals surface area contributed by atoms with Gasteiger partial charge in [-0.1, -0.05) is 58.3 Å². The molecule has 0 heterocycles. The summed E-state index contributed by atoms with van der Waals surface area (Å²) in [6, 6.07) is 0.138. The van der Waals surface area contributed by atoms with Crippen LogP contribution >= 0.6 is 0 Å². The van der Waals surface area contributed by atoms with Crippen LogP contribution in [0.5, 0.6) is 0 Å². The van der Waals surface area contributed by atoms with E-state index < -0.39 is 0 Å². The van der Waals surface area contributed by atoms with Crippen molar-refractivity contribution in [1.82, 2.24) is 10.2 Å². The van der Waals surface area contributed by atoms with Crippen molar-refractivity contribution in [2.45, 2.75) is 110 Å². The van der Waals surface area contributed by atoms with Gasteiger partial charge in [-0.05, 0) is 33.1 Å². The lowest BCUT2D eigenvalue weighted by atomic mass is 9.93. The summed E-state index contributed by atoms with van der Waals surface area (Å²) in [4.78, 5) is 14.4. The maximum Gasteiger partial charge on any atom is 0.317 e. The fraction of sp³-hybridized carbons (Fsp3) is 0.947. The first-order valence-corrected chi connectivity index (χ1v) is 9.81. The van der Waals surface area contributed by atoms with Crippen molar-refractivity contribution in [2.75, 3.05) is 6.54 Å². The molecule has 0 radical (unpaired) electrons. The van der Waals surface area contributed by atoms with Crippen LogP contribution in [-0.4, -0.2) is 40.8 Å². The standard InChI is InChI=1S/C19H38N2O2/c1-4-5-6-7-8-9-12-15-21(16(2)3)19(23)20-17-13-10-11-14-18(17)22/h16-18,22H,4-15H2,1-3H3,(H,20,23). The lowest BCUT2D eigenvalue weighted by Crippen LogP contribution is -2.52.